The molecule has 0 aliphatic heterocycles. The maximum absolute atomic E-state index is 6.36. The summed E-state index contributed by atoms with van der Waals surface area (Å²) in [5.74, 6) is 0.815. The summed E-state index contributed by atoms with van der Waals surface area (Å²) in [7, 11) is 0. The van der Waals surface area contributed by atoms with Gasteiger partial charge in [0.05, 0.1) is 6.04 Å². The average Bonchev–Trinajstić information content (AvgIpc) is 2.85. The zero-order chi connectivity index (χ0) is 13.4. The van der Waals surface area contributed by atoms with E-state index in [0.29, 0.717) is 0 Å². The molecule has 0 saturated heterocycles. The highest BCUT2D eigenvalue weighted by molar-refractivity contribution is 5.78. The van der Waals surface area contributed by atoms with E-state index in [1.807, 2.05) is 36.4 Å². The van der Waals surface area contributed by atoms with Gasteiger partial charge in [-0.05, 0) is 42.7 Å². The number of hydrogen-bond donors (Lipinski definition) is 1. The first-order valence-corrected chi connectivity index (χ1v) is 6.47. The highest BCUT2D eigenvalue weighted by Crippen LogP contribution is 2.28. The summed E-state index contributed by atoms with van der Waals surface area (Å²) < 4.78 is 5.85. The molecule has 3 aromatic rings. The molecule has 96 valence electrons. The zero-order valence-electron chi connectivity index (χ0n) is 11.2. The quantitative estimate of drug-likeness (QED) is 0.744. The predicted octanol–water partition coefficient (Wildman–Crippen LogP) is 4.10. The van der Waals surface area contributed by atoms with Gasteiger partial charge in [0.1, 0.15) is 11.3 Å². The van der Waals surface area contributed by atoms with Gasteiger partial charge in [-0.2, -0.15) is 0 Å². The SMILES string of the molecule is Cc1cccc(C(N)c2cc3ccccc3o2)c1C. The Balaban J connectivity index is 2.08. The third-order valence-electron chi connectivity index (χ3n) is 3.73. The fourth-order valence-corrected chi connectivity index (χ4v) is 2.42. The van der Waals surface area contributed by atoms with Crippen molar-refractivity contribution in [3.8, 4) is 0 Å². The van der Waals surface area contributed by atoms with Gasteiger partial charge in [-0.1, -0.05) is 36.4 Å². The normalized spacial score (nSPS) is 12.8. The van der Waals surface area contributed by atoms with E-state index in [1.165, 1.54) is 11.1 Å². The van der Waals surface area contributed by atoms with Crippen molar-refractivity contribution in [3.05, 3.63) is 71.0 Å². The van der Waals surface area contributed by atoms with E-state index in [1.54, 1.807) is 0 Å². The lowest BCUT2D eigenvalue weighted by molar-refractivity contribution is 0.524. The van der Waals surface area contributed by atoms with E-state index < -0.39 is 0 Å². The molecule has 0 aliphatic rings. The summed E-state index contributed by atoms with van der Waals surface area (Å²) in [6.45, 7) is 4.21. The highest BCUT2D eigenvalue weighted by Gasteiger charge is 2.16. The number of rotatable bonds is 2. The van der Waals surface area contributed by atoms with Crippen molar-refractivity contribution in [2.75, 3.05) is 0 Å². The molecule has 0 fully saturated rings. The van der Waals surface area contributed by atoms with Crippen molar-refractivity contribution in [2.24, 2.45) is 5.73 Å². The van der Waals surface area contributed by atoms with Crippen LogP contribution in [0.2, 0.25) is 0 Å². The van der Waals surface area contributed by atoms with Crippen LogP contribution >= 0.6 is 0 Å². The molecule has 2 N–H and O–H groups in total. The second kappa shape index (κ2) is 4.56. The molecule has 0 amide bonds. The standard InChI is InChI=1S/C17H17NO/c1-11-6-5-8-14(12(11)2)17(18)16-10-13-7-3-4-9-15(13)19-16/h3-10,17H,18H2,1-2H3. The van der Waals surface area contributed by atoms with Gasteiger partial charge in [0.25, 0.3) is 0 Å². The Bertz CT molecular complexity index is 694. The van der Waals surface area contributed by atoms with Crippen LogP contribution in [0.5, 0.6) is 0 Å². The maximum atomic E-state index is 6.36. The van der Waals surface area contributed by atoms with Crippen molar-refractivity contribution in [3.63, 3.8) is 0 Å². The smallest absolute Gasteiger partial charge is 0.134 e. The minimum absolute atomic E-state index is 0.215. The molecular weight excluding hydrogens is 234 g/mol. The fraction of sp³-hybridized carbons (Fsp3) is 0.176. The van der Waals surface area contributed by atoms with E-state index in [-0.39, 0.29) is 6.04 Å². The van der Waals surface area contributed by atoms with Gasteiger partial charge in [0.2, 0.25) is 0 Å². The Morgan fingerprint density at radius 3 is 2.58 bits per heavy atom. The molecule has 0 saturated carbocycles. The molecule has 0 radical (unpaired) electrons. The van der Waals surface area contributed by atoms with Crippen LogP contribution in [0.1, 0.15) is 28.5 Å². The second-order valence-corrected chi connectivity index (χ2v) is 4.95. The van der Waals surface area contributed by atoms with Crippen LogP contribution in [-0.2, 0) is 0 Å². The second-order valence-electron chi connectivity index (χ2n) is 4.95. The first-order valence-electron chi connectivity index (χ1n) is 6.47. The van der Waals surface area contributed by atoms with Crippen LogP contribution in [0.4, 0.5) is 0 Å². The Kier molecular flexibility index (Phi) is 2.88. The third kappa shape index (κ3) is 2.04. The maximum Gasteiger partial charge on any atom is 0.134 e. The number of aryl methyl sites for hydroxylation is 1. The molecule has 1 heterocycles. The first-order chi connectivity index (χ1) is 9.16. The molecule has 1 atom stereocenters. The fourth-order valence-electron chi connectivity index (χ4n) is 2.42. The van der Waals surface area contributed by atoms with Gasteiger partial charge < -0.3 is 10.2 Å². The number of fused-ring (bicyclic) bond motifs is 1. The van der Waals surface area contributed by atoms with Gasteiger partial charge in [0, 0.05) is 5.39 Å². The summed E-state index contributed by atoms with van der Waals surface area (Å²) in [5, 5.41) is 1.10. The van der Waals surface area contributed by atoms with Crippen molar-refractivity contribution in [1.29, 1.82) is 0 Å². The lowest BCUT2D eigenvalue weighted by Gasteiger charge is -2.14. The van der Waals surface area contributed by atoms with E-state index in [9.17, 15) is 0 Å². The van der Waals surface area contributed by atoms with Crippen molar-refractivity contribution in [1.82, 2.24) is 0 Å². The highest BCUT2D eigenvalue weighted by atomic mass is 16.3. The van der Waals surface area contributed by atoms with Crippen LogP contribution < -0.4 is 5.73 Å². The monoisotopic (exact) mass is 251 g/mol. The Morgan fingerprint density at radius 2 is 1.79 bits per heavy atom. The minimum atomic E-state index is -0.215. The molecule has 0 aliphatic carbocycles. The molecular formula is C17H17NO. The molecule has 0 bridgehead atoms. The third-order valence-corrected chi connectivity index (χ3v) is 3.73. The summed E-state index contributed by atoms with van der Waals surface area (Å²) in [4.78, 5) is 0. The molecule has 2 nitrogen and oxygen atoms in total. The number of nitrogens with two attached hydrogens (primary N) is 1. The van der Waals surface area contributed by atoms with Crippen LogP contribution in [0.3, 0.4) is 0 Å². The number of furan rings is 1. The average molecular weight is 251 g/mol. The van der Waals surface area contributed by atoms with Gasteiger partial charge >= 0.3 is 0 Å². The van der Waals surface area contributed by atoms with E-state index in [0.717, 1.165) is 22.3 Å². The number of benzene rings is 2. The minimum Gasteiger partial charge on any atom is -0.459 e. The molecule has 19 heavy (non-hydrogen) atoms. The summed E-state index contributed by atoms with van der Waals surface area (Å²) in [6, 6.07) is 16.0. The summed E-state index contributed by atoms with van der Waals surface area (Å²) in [5.41, 5.74) is 10.9. The first kappa shape index (κ1) is 12.0. The van der Waals surface area contributed by atoms with E-state index >= 15 is 0 Å². The Labute approximate surface area is 112 Å². The van der Waals surface area contributed by atoms with Gasteiger partial charge in [-0.25, -0.2) is 0 Å². The zero-order valence-corrected chi connectivity index (χ0v) is 11.2. The molecule has 1 aromatic heterocycles. The molecule has 0 spiro atoms. The van der Waals surface area contributed by atoms with Crippen LogP contribution in [0.15, 0.2) is 52.9 Å². The van der Waals surface area contributed by atoms with Crippen molar-refractivity contribution >= 4 is 11.0 Å². The van der Waals surface area contributed by atoms with Crippen molar-refractivity contribution in [2.45, 2.75) is 19.9 Å². The molecule has 2 heteroatoms. The van der Waals surface area contributed by atoms with E-state index in [2.05, 4.69) is 26.0 Å². The summed E-state index contributed by atoms with van der Waals surface area (Å²) >= 11 is 0. The lowest BCUT2D eigenvalue weighted by Crippen LogP contribution is -2.12. The van der Waals surface area contributed by atoms with Gasteiger partial charge in [-0.15, -0.1) is 0 Å². The molecule has 2 aromatic carbocycles. The van der Waals surface area contributed by atoms with Crippen molar-refractivity contribution < 1.29 is 4.42 Å². The van der Waals surface area contributed by atoms with E-state index in [4.69, 9.17) is 10.2 Å². The van der Waals surface area contributed by atoms with Gasteiger partial charge in [-0.3, -0.25) is 0 Å². The lowest BCUT2D eigenvalue weighted by atomic mass is 9.96. The topological polar surface area (TPSA) is 39.2 Å². The summed E-state index contributed by atoms with van der Waals surface area (Å²) in [6.07, 6.45) is 0. The largest absolute Gasteiger partial charge is 0.459 e. The Hall–Kier alpha value is -2.06. The van der Waals surface area contributed by atoms with Crippen LogP contribution in [-0.4, -0.2) is 0 Å². The van der Waals surface area contributed by atoms with Gasteiger partial charge in [0.15, 0.2) is 0 Å². The van der Waals surface area contributed by atoms with Crippen LogP contribution in [0, 0.1) is 13.8 Å². The number of para-hydroxylation sites is 1. The molecule has 3 rings (SSSR count). The predicted molar refractivity (Wildman–Crippen MR) is 78.2 cm³/mol. The Morgan fingerprint density at radius 1 is 1.00 bits per heavy atom. The molecule has 1 unspecified atom stereocenters. The number of hydrogen-bond acceptors (Lipinski definition) is 2. The van der Waals surface area contributed by atoms with Crippen LogP contribution in [0.25, 0.3) is 11.0 Å².